The van der Waals surface area contributed by atoms with Crippen molar-refractivity contribution in [3.63, 3.8) is 0 Å². The molecule has 0 aliphatic heterocycles. The number of ketones is 1. The lowest BCUT2D eigenvalue weighted by atomic mass is 9.98. The fraction of sp³-hybridized carbons (Fsp3) is 0.442. The predicted molar refractivity (Wildman–Crippen MR) is 216 cm³/mol. The number of carbonyl (C=O) groups excluding carboxylic acids is 6. The maximum absolute atomic E-state index is 13.4. The van der Waals surface area contributed by atoms with Gasteiger partial charge < -0.3 is 45.5 Å². The second kappa shape index (κ2) is 24.2. The van der Waals surface area contributed by atoms with Crippen molar-refractivity contribution in [2.24, 2.45) is 5.92 Å². The van der Waals surface area contributed by atoms with Gasteiger partial charge in [-0.25, -0.2) is 4.79 Å². The summed E-state index contributed by atoms with van der Waals surface area (Å²) in [6, 6.07) is 23.4. The van der Waals surface area contributed by atoms with E-state index in [0.717, 1.165) is 27.8 Å². The number of carbonyl (C=O) groups is 6. The van der Waals surface area contributed by atoms with Crippen LogP contribution in [-0.2, 0) is 49.3 Å². The van der Waals surface area contributed by atoms with Crippen molar-refractivity contribution in [2.75, 3.05) is 65.9 Å². The molecule has 1 aliphatic rings. The topological polar surface area (TPSA) is 199 Å². The van der Waals surface area contributed by atoms with E-state index in [0.29, 0.717) is 6.42 Å². The quantitative estimate of drug-likeness (QED) is 0.0795. The largest absolute Gasteiger partial charge is 0.449 e. The van der Waals surface area contributed by atoms with Gasteiger partial charge in [0.05, 0.1) is 46.1 Å². The smallest absolute Gasteiger partial charge is 0.407 e. The van der Waals surface area contributed by atoms with Crippen molar-refractivity contribution in [2.45, 2.75) is 51.6 Å². The molecule has 15 heteroatoms. The molecule has 2 atom stereocenters. The minimum absolute atomic E-state index is 0.0140. The summed E-state index contributed by atoms with van der Waals surface area (Å²) in [7, 11) is 0. The lowest BCUT2D eigenvalue weighted by Crippen LogP contribution is -2.56. The number of benzene rings is 3. The van der Waals surface area contributed by atoms with Gasteiger partial charge in [-0.05, 0) is 47.1 Å². The van der Waals surface area contributed by atoms with Crippen LogP contribution in [0.15, 0.2) is 78.9 Å². The van der Waals surface area contributed by atoms with E-state index in [4.69, 9.17) is 18.9 Å². The highest BCUT2D eigenvalue weighted by molar-refractivity contribution is 5.94. The van der Waals surface area contributed by atoms with Crippen LogP contribution in [0.5, 0.6) is 0 Å². The Morgan fingerprint density at radius 1 is 0.621 bits per heavy atom. The first-order valence-corrected chi connectivity index (χ1v) is 19.5. The SMILES string of the molecule is CC(=O)CNC(=O)C(CC(C)C)NC(=O)C(Cc1ccccc1)NC(=O)CNC(=O)COCCOCCOCCNC(=O)OCC1c2ccccc2-c2ccccc21. The Balaban J connectivity index is 1.05. The second-order valence-corrected chi connectivity index (χ2v) is 14.2. The van der Waals surface area contributed by atoms with E-state index in [-0.39, 0.29) is 83.4 Å². The molecular weight excluding hydrogens is 746 g/mol. The molecule has 15 nitrogen and oxygen atoms in total. The molecule has 0 aromatic heterocycles. The third-order valence-electron chi connectivity index (χ3n) is 9.07. The Labute approximate surface area is 339 Å². The normalized spacial score (nSPS) is 12.8. The van der Waals surface area contributed by atoms with Gasteiger partial charge in [0.25, 0.3) is 0 Å². The number of hydrogen-bond donors (Lipinski definition) is 5. The van der Waals surface area contributed by atoms with Crippen LogP contribution >= 0.6 is 0 Å². The molecule has 0 spiro atoms. The second-order valence-electron chi connectivity index (χ2n) is 14.2. The molecule has 0 bridgehead atoms. The van der Waals surface area contributed by atoms with Crippen LogP contribution in [0, 0.1) is 5.92 Å². The summed E-state index contributed by atoms with van der Waals surface area (Å²) in [5.74, 6) is -2.40. The molecule has 0 radical (unpaired) electrons. The number of amides is 5. The molecule has 2 unspecified atom stereocenters. The average molecular weight is 802 g/mol. The fourth-order valence-corrected chi connectivity index (χ4v) is 6.32. The molecule has 5 N–H and O–H groups in total. The Morgan fingerprint density at radius 3 is 1.86 bits per heavy atom. The van der Waals surface area contributed by atoms with Gasteiger partial charge in [-0.1, -0.05) is 92.7 Å². The number of alkyl carbamates (subject to hydrolysis) is 1. The van der Waals surface area contributed by atoms with Gasteiger partial charge >= 0.3 is 6.09 Å². The van der Waals surface area contributed by atoms with Crippen LogP contribution in [0.2, 0.25) is 0 Å². The summed E-state index contributed by atoms with van der Waals surface area (Å²) in [6.07, 6.45) is -0.0520. The van der Waals surface area contributed by atoms with Gasteiger partial charge in [-0.2, -0.15) is 0 Å². The van der Waals surface area contributed by atoms with E-state index in [2.05, 4.69) is 50.8 Å². The minimum Gasteiger partial charge on any atom is -0.449 e. The van der Waals surface area contributed by atoms with Crippen molar-refractivity contribution < 1.29 is 47.7 Å². The maximum atomic E-state index is 13.4. The molecule has 0 fully saturated rings. The van der Waals surface area contributed by atoms with Gasteiger partial charge in [-0.15, -0.1) is 0 Å². The van der Waals surface area contributed by atoms with Crippen LogP contribution < -0.4 is 26.6 Å². The van der Waals surface area contributed by atoms with Gasteiger partial charge in [0, 0.05) is 18.9 Å². The van der Waals surface area contributed by atoms with Crippen LogP contribution in [-0.4, -0.2) is 113 Å². The molecule has 4 rings (SSSR count). The fourth-order valence-electron chi connectivity index (χ4n) is 6.32. The van der Waals surface area contributed by atoms with Crippen molar-refractivity contribution >= 4 is 35.5 Å². The number of hydrogen-bond acceptors (Lipinski definition) is 10. The number of fused-ring (bicyclic) bond motifs is 3. The highest BCUT2D eigenvalue weighted by Gasteiger charge is 2.30. The zero-order chi connectivity index (χ0) is 41.7. The van der Waals surface area contributed by atoms with Gasteiger partial charge in [0.2, 0.25) is 23.6 Å². The third-order valence-corrected chi connectivity index (χ3v) is 9.07. The van der Waals surface area contributed by atoms with E-state index < -0.39 is 48.4 Å². The van der Waals surface area contributed by atoms with E-state index in [1.165, 1.54) is 6.92 Å². The highest BCUT2D eigenvalue weighted by Crippen LogP contribution is 2.44. The summed E-state index contributed by atoms with van der Waals surface area (Å²) in [5.41, 5.74) is 5.39. The molecule has 58 heavy (non-hydrogen) atoms. The Bertz CT molecular complexity index is 1780. The molecule has 0 saturated heterocycles. The first kappa shape index (κ1) is 45.1. The first-order chi connectivity index (χ1) is 28.0. The van der Waals surface area contributed by atoms with E-state index in [1.54, 1.807) is 12.1 Å². The maximum Gasteiger partial charge on any atom is 0.407 e. The van der Waals surface area contributed by atoms with E-state index >= 15 is 0 Å². The molecule has 5 amide bonds. The zero-order valence-electron chi connectivity index (χ0n) is 33.4. The van der Waals surface area contributed by atoms with Crippen molar-refractivity contribution in [1.82, 2.24) is 26.6 Å². The monoisotopic (exact) mass is 801 g/mol. The highest BCUT2D eigenvalue weighted by atomic mass is 16.6. The molecular formula is C43H55N5O10. The number of nitrogens with one attached hydrogen (secondary N) is 5. The Kier molecular flexibility index (Phi) is 18.8. The summed E-state index contributed by atoms with van der Waals surface area (Å²) in [4.78, 5) is 75.0. The lowest BCUT2D eigenvalue weighted by Gasteiger charge is -2.24. The van der Waals surface area contributed by atoms with Crippen molar-refractivity contribution in [1.29, 1.82) is 0 Å². The molecule has 0 heterocycles. The summed E-state index contributed by atoms with van der Waals surface area (Å²) in [6.45, 7) is 5.95. The first-order valence-electron chi connectivity index (χ1n) is 19.5. The lowest BCUT2D eigenvalue weighted by molar-refractivity contribution is -0.133. The predicted octanol–water partition coefficient (Wildman–Crippen LogP) is 2.65. The average Bonchev–Trinajstić information content (AvgIpc) is 3.53. The molecule has 1 aliphatic carbocycles. The third kappa shape index (κ3) is 15.4. The van der Waals surface area contributed by atoms with Crippen LogP contribution in [0.25, 0.3) is 11.1 Å². The standard InChI is InChI=1S/C43H55N5O10/c1-29(2)23-37(41(52)46-25-30(3)49)48-42(53)38(24-31-11-5-4-6-12-31)47-39(50)26-45-40(51)28-57-22-21-56-20-19-55-18-17-44-43(54)58-27-36-34-15-9-7-13-32(34)33-14-8-10-16-35(33)36/h4-16,29,36-38H,17-28H2,1-3H3,(H,44,54)(H,45,51)(H,46,52)(H,47,50)(H,48,53). The summed E-state index contributed by atoms with van der Waals surface area (Å²) in [5, 5.41) is 13.1. The number of Topliss-reactive ketones (excluding diaryl/α,β-unsaturated/α-hetero) is 1. The Morgan fingerprint density at radius 2 is 1.22 bits per heavy atom. The number of rotatable bonds is 25. The van der Waals surface area contributed by atoms with Gasteiger partial charge in [0.15, 0.2) is 0 Å². The molecule has 312 valence electrons. The summed E-state index contributed by atoms with van der Waals surface area (Å²) < 4.78 is 21.8. The molecule has 0 saturated carbocycles. The molecule has 3 aromatic rings. The van der Waals surface area contributed by atoms with Crippen molar-refractivity contribution in [3.8, 4) is 11.1 Å². The number of ether oxygens (including phenoxy) is 4. The van der Waals surface area contributed by atoms with Crippen LogP contribution in [0.3, 0.4) is 0 Å². The zero-order valence-corrected chi connectivity index (χ0v) is 33.4. The van der Waals surface area contributed by atoms with Crippen LogP contribution in [0.1, 0.15) is 49.8 Å². The minimum atomic E-state index is -1.04. The molecule has 3 aromatic carbocycles. The van der Waals surface area contributed by atoms with Crippen LogP contribution in [0.4, 0.5) is 4.79 Å². The van der Waals surface area contributed by atoms with E-state index in [9.17, 15) is 28.8 Å². The van der Waals surface area contributed by atoms with Gasteiger partial charge in [0.1, 0.15) is 31.1 Å². The van der Waals surface area contributed by atoms with E-state index in [1.807, 2.05) is 56.3 Å². The summed E-state index contributed by atoms with van der Waals surface area (Å²) >= 11 is 0. The van der Waals surface area contributed by atoms with Gasteiger partial charge in [-0.3, -0.25) is 24.0 Å². The van der Waals surface area contributed by atoms with Crippen molar-refractivity contribution in [3.05, 3.63) is 95.6 Å². The Hall–Kier alpha value is -5.64.